The lowest BCUT2D eigenvalue weighted by molar-refractivity contribution is 0.271. The van der Waals surface area contributed by atoms with Crippen LogP contribution in [0.4, 0.5) is 0 Å². The maximum atomic E-state index is 11.0. The third-order valence-corrected chi connectivity index (χ3v) is 3.56. The third kappa shape index (κ3) is 7.76. The fraction of sp³-hybridized carbons (Fsp3) is 1.00. The predicted molar refractivity (Wildman–Crippen MR) is 64.9 cm³/mol. The Hall–Kier alpha value is -0.130. The van der Waals surface area contributed by atoms with Gasteiger partial charge in [0.1, 0.15) is 9.84 Å². The van der Waals surface area contributed by atoms with E-state index in [0.29, 0.717) is 6.04 Å². The van der Waals surface area contributed by atoms with Crippen LogP contribution in [-0.4, -0.2) is 58.1 Å². The molecule has 0 spiro atoms. The molecule has 0 aromatic rings. The first-order chi connectivity index (χ1) is 6.76. The van der Waals surface area contributed by atoms with E-state index in [4.69, 9.17) is 0 Å². The summed E-state index contributed by atoms with van der Waals surface area (Å²) in [6.45, 7) is 4.87. The predicted octanol–water partition coefficient (Wildman–Crippen LogP) is 0.349. The molecule has 0 heterocycles. The molecular weight excluding hydrogens is 212 g/mol. The average molecular weight is 236 g/mol. The van der Waals surface area contributed by atoms with E-state index in [2.05, 4.69) is 17.1 Å². The number of hydrogen-bond acceptors (Lipinski definition) is 4. The van der Waals surface area contributed by atoms with Crippen molar-refractivity contribution >= 4 is 9.84 Å². The highest BCUT2D eigenvalue weighted by Gasteiger charge is 2.13. The minimum absolute atomic E-state index is 0.0222. The summed E-state index contributed by atoms with van der Waals surface area (Å²) in [6, 6.07) is 0.487. The summed E-state index contributed by atoms with van der Waals surface area (Å²) in [5.74, 6) is 0.205. The largest absolute Gasteiger partial charge is 0.312 e. The lowest BCUT2D eigenvalue weighted by Gasteiger charge is -2.25. The van der Waals surface area contributed by atoms with Gasteiger partial charge in [-0.3, -0.25) is 0 Å². The van der Waals surface area contributed by atoms with Gasteiger partial charge in [-0.2, -0.15) is 0 Å². The van der Waals surface area contributed by atoms with Crippen LogP contribution in [0.3, 0.4) is 0 Å². The second kappa shape index (κ2) is 6.45. The van der Waals surface area contributed by atoms with E-state index in [1.54, 1.807) is 0 Å². The Labute approximate surface area is 94.0 Å². The number of nitrogens with one attached hydrogen (secondary N) is 1. The van der Waals surface area contributed by atoms with Crippen LogP contribution in [0.1, 0.15) is 20.3 Å². The molecule has 2 atom stereocenters. The molecule has 92 valence electrons. The highest BCUT2D eigenvalue weighted by Crippen LogP contribution is 1.98. The van der Waals surface area contributed by atoms with E-state index in [1.807, 2.05) is 21.0 Å². The molecule has 2 unspecified atom stereocenters. The smallest absolute Gasteiger partial charge is 0.148 e. The molecule has 0 fully saturated rings. The normalized spacial score (nSPS) is 16.7. The van der Waals surface area contributed by atoms with E-state index >= 15 is 0 Å². The van der Waals surface area contributed by atoms with Crippen molar-refractivity contribution in [1.82, 2.24) is 10.2 Å². The van der Waals surface area contributed by atoms with Gasteiger partial charge in [0.25, 0.3) is 0 Å². The van der Waals surface area contributed by atoms with Crippen LogP contribution in [0.25, 0.3) is 0 Å². The third-order valence-electron chi connectivity index (χ3n) is 2.46. The number of sulfone groups is 1. The molecule has 0 aromatic carbocycles. The van der Waals surface area contributed by atoms with Crippen molar-refractivity contribution in [2.45, 2.75) is 32.4 Å². The molecule has 1 N–H and O–H groups in total. The summed E-state index contributed by atoms with van der Waals surface area (Å²) in [4.78, 5) is 2.15. The topological polar surface area (TPSA) is 49.4 Å². The zero-order valence-electron chi connectivity index (χ0n) is 10.4. The summed E-state index contributed by atoms with van der Waals surface area (Å²) < 4.78 is 22.1. The SMILES string of the molecule is CCC(CNC(C)CS(C)(=O)=O)N(C)C. The lowest BCUT2D eigenvalue weighted by Crippen LogP contribution is -2.42. The number of likely N-dealkylation sites (N-methyl/N-ethyl adjacent to an activating group) is 1. The van der Waals surface area contributed by atoms with Gasteiger partial charge in [0, 0.05) is 24.9 Å². The Balaban J connectivity index is 3.94. The van der Waals surface area contributed by atoms with Gasteiger partial charge in [0.2, 0.25) is 0 Å². The van der Waals surface area contributed by atoms with Crippen LogP contribution in [0.15, 0.2) is 0 Å². The standard InChI is InChI=1S/C10H24N2O2S/c1-6-10(12(3)4)7-11-9(2)8-15(5,13)14/h9-11H,6-8H2,1-5H3. The van der Waals surface area contributed by atoms with Crippen molar-refractivity contribution < 1.29 is 8.42 Å². The van der Waals surface area contributed by atoms with Crippen molar-refractivity contribution in [3.05, 3.63) is 0 Å². The minimum atomic E-state index is -2.87. The average Bonchev–Trinajstić information content (AvgIpc) is 2.01. The molecule has 0 amide bonds. The van der Waals surface area contributed by atoms with Crippen LogP contribution < -0.4 is 5.32 Å². The Morgan fingerprint density at radius 3 is 2.20 bits per heavy atom. The summed E-state index contributed by atoms with van der Waals surface area (Å²) in [7, 11) is 1.20. The van der Waals surface area contributed by atoms with Crippen molar-refractivity contribution in [2.24, 2.45) is 0 Å². The minimum Gasteiger partial charge on any atom is -0.312 e. The highest BCUT2D eigenvalue weighted by atomic mass is 32.2. The maximum Gasteiger partial charge on any atom is 0.148 e. The number of nitrogens with zero attached hydrogens (tertiary/aromatic N) is 1. The van der Waals surface area contributed by atoms with Gasteiger partial charge in [-0.15, -0.1) is 0 Å². The van der Waals surface area contributed by atoms with Gasteiger partial charge in [-0.1, -0.05) is 6.92 Å². The molecule has 0 aliphatic heterocycles. The van der Waals surface area contributed by atoms with Gasteiger partial charge in [-0.25, -0.2) is 8.42 Å². The lowest BCUT2D eigenvalue weighted by atomic mass is 10.2. The van der Waals surface area contributed by atoms with Crippen LogP contribution in [0, 0.1) is 0 Å². The van der Waals surface area contributed by atoms with Gasteiger partial charge in [-0.05, 0) is 27.4 Å². The zero-order chi connectivity index (χ0) is 12.1. The maximum absolute atomic E-state index is 11.0. The first kappa shape index (κ1) is 14.9. The molecule has 0 aliphatic carbocycles. The fourth-order valence-corrected chi connectivity index (χ4v) is 2.57. The number of rotatable bonds is 7. The Kier molecular flexibility index (Phi) is 6.40. The second-order valence-corrected chi connectivity index (χ2v) is 6.61. The Morgan fingerprint density at radius 2 is 1.87 bits per heavy atom. The molecule has 0 saturated carbocycles. The Bertz CT molecular complexity index is 263. The molecule has 0 saturated heterocycles. The molecule has 0 radical (unpaired) electrons. The van der Waals surface area contributed by atoms with Crippen LogP contribution in [0.5, 0.6) is 0 Å². The molecular formula is C10H24N2O2S. The molecule has 15 heavy (non-hydrogen) atoms. The molecule has 5 heteroatoms. The van der Waals surface area contributed by atoms with E-state index in [9.17, 15) is 8.42 Å². The second-order valence-electron chi connectivity index (χ2n) is 4.43. The molecule has 0 rings (SSSR count). The zero-order valence-corrected chi connectivity index (χ0v) is 11.3. The van der Waals surface area contributed by atoms with Crippen molar-refractivity contribution in [3.8, 4) is 0 Å². The molecule has 0 aliphatic rings. The quantitative estimate of drug-likeness (QED) is 0.693. The summed E-state index contributed by atoms with van der Waals surface area (Å²) in [5.41, 5.74) is 0. The Morgan fingerprint density at radius 1 is 1.33 bits per heavy atom. The first-order valence-corrected chi connectivity index (χ1v) is 7.39. The monoisotopic (exact) mass is 236 g/mol. The molecule has 4 nitrogen and oxygen atoms in total. The van der Waals surface area contributed by atoms with E-state index < -0.39 is 9.84 Å². The highest BCUT2D eigenvalue weighted by molar-refractivity contribution is 7.90. The summed E-state index contributed by atoms with van der Waals surface area (Å²) in [6.07, 6.45) is 2.33. The molecule has 0 aromatic heterocycles. The number of hydrogen-bond donors (Lipinski definition) is 1. The van der Waals surface area contributed by atoms with E-state index in [1.165, 1.54) is 6.26 Å². The van der Waals surface area contributed by atoms with Crippen molar-refractivity contribution in [3.63, 3.8) is 0 Å². The van der Waals surface area contributed by atoms with Crippen LogP contribution >= 0.6 is 0 Å². The van der Waals surface area contributed by atoms with Gasteiger partial charge < -0.3 is 10.2 Å². The van der Waals surface area contributed by atoms with E-state index in [0.717, 1.165) is 13.0 Å². The summed E-state index contributed by atoms with van der Waals surface area (Å²) in [5, 5.41) is 3.25. The van der Waals surface area contributed by atoms with Gasteiger partial charge in [0.05, 0.1) is 5.75 Å². The van der Waals surface area contributed by atoms with Crippen molar-refractivity contribution in [2.75, 3.05) is 32.6 Å². The van der Waals surface area contributed by atoms with Crippen molar-refractivity contribution in [1.29, 1.82) is 0 Å². The van der Waals surface area contributed by atoms with Crippen LogP contribution in [-0.2, 0) is 9.84 Å². The molecule has 0 bridgehead atoms. The van der Waals surface area contributed by atoms with Gasteiger partial charge >= 0.3 is 0 Å². The summed E-state index contributed by atoms with van der Waals surface area (Å²) >= 11 is 0. The van der Waals surface area contributed by atoms with Gasteiger partial charge in [0.15, 0.2) is 0 Å². The van der Waals surface area contributed by atoms with E-state index in [-0.39, 0.29) is 11.8 Å². The fourth-order valence-electron chi connectivity index (χ4n) is 1.54. The first-order valence-electron chi connectivity index (χ1n) is 5.33. The van der Waals surface area contributed by atoms with Crippen LogP contribution in [0.2, 0.25) is 0 Å².